The van der Waals surface area contributed by atoms with Gasteiger partial charge in [0.15, 0.2) is 0 Å². The van der Waals surface area contributed by atoms with Gasteiger partial charge in [-0.1, -0.05) is 30.3 Å². The molecular formula is C20H22N2O4. The van der Waals surface area contributed by atoms with Crippen molar-refractivity contribution >= 4 is 29.2 Å². The molecule has 2 amide bonds. The molecule has 0 aliphatic heterocycles. The minimum atomic E-state index is -0.896. The topological polar surface area (TPSA) is 86.7 Å². The van der Waals surface area contributed by atoms with E-state index in [-0.39, 0.29) is 31.1 Å². The fourth-order valence-electron chi connectivity index (χ4n) is 2.47. The summed E-state index contributed by atoms with van der Waals surface area (Å²) in [6.45, 7) is 0. The van der Waals surface area contributed by atoms with E-state index in [0.717, 1.165) is 5.69 Å². The molecule has 0 unspecified atom stereocenters. The van der Waals surface area contributed by atoms with E-state index in [4.69, 9.17) is 5.11 Å². The number of carboxylic acids is 1. The normalized spacial score (nSPS) is 10.2. The molecule has 0 heterocycles. The first-order valence-corrected chi connectivity index (χ1v) is 8.38. The van der Waals surface area contributed by atoms with Gasteiger partial charge in [-0.2, -0.15) is 0 Å². The third kappa shape index (κ3) is 6.05. The van der Waals surface area contributed by atoms with Crippen molar-refractivity contribution in [2.45, 2.75) is 25.7 Å². The van der Waals surface area contributed by atoms with Crippen LogP contribution in [0.2, 0.25) is 0 Å². The summed E-state index contributed by atoms with van der Waals surface area (Å²) in [5.41, 5.74) is 2.10. The van der Waals surface area contributed by atoms with Crippen LogP contribution in [0.4, 0.5) is 11.4 Å². The SMILES string of the molecule is CN(C(=O)CCCC(=O)Nc1ccc(CC(=O)O)cc1)c1ccccc1. The molecule has 0 saturated heterocycles. The summed E-state index contributed by atoms with van der Waals surface area (Å²) in [4.78, 5) is 36.3. The highest BCUT2D eigenvalue weighted by Crippen LogP contribution is 2.14. The third-order valence-corrected chi connectivity index (χ3v) is 3.91. The summed E-state index contributed by atoms with van der Waals surface area (Å²) in [7, 11) is 1.72. The maximum Gasteiger partial charge on any atom is 0.307 e. The molecular weight excluding hydrogens is 332 g/mol. The van der Waals surface area contributed by atoms with Gasteiger partial charge in [0.25, 0.3) is 0 Å². The zero-order valence-electron chi connectivity index (χ0n) is 14.6. The lowest BCUT2D eigenvalue weighted by Gasteiger charge is -2.17. The molecule has 0 saturated carbocycles. The number of hydrogen-bond donors (Lipinski definition) is 2. The van der Waals surface area contributed by atoms with Gasteiger partial charge in [-0.15, -0.1) is 0 Å². The van der Waals surface area contributed by atoms with Crippen LogP contribution in [-0.4, -0.2) is 29.9 Å². The lowest BCUT2D eigenvalue weighted by molar-refractivity contribution is -0.136. The smallest absolute Gasteiger partial charge is 0.307 e. The first-order chi connectivity index (χ1) is 12.5. The van der Waals surface area contributed by atoms with E-state index >= 15 is 0 Å². The van der Waals surface area contributed by atoms with Crippen LogP contribution in [0.3, 0.4) is 0 Å². The maximum absolute atomic E-state index is 12.2. The van der Waals surface area contributed by atoms with E-state index in [0.29, 0.717) is 17.7 Å². The zero-order chi connectivity index (χ0) is 18.9. The molecule has 2 aromatic carbocycles. The molecule has 26 heavy (non-hydrogen) atoms. The molecule has 0 aliphatic carbocycles. The Hall–Kier alpha value is -3.15. The molecule has 136 valence electrons. The van der Waals surface area contributed by atoms with Gasteiger partial charge in [-0.3, -0.25) is 14.4 Å². The van der Waals surface area contributed by atoms with E-state index in [2.05, 4.69) is 5.32 Å². The Kier molecular flexibility index (Phi) is 6.91. The number of amides is 2. The van der Waals surface area contributed by atoms with Crippen molar-refractivity contribution in [3.05, 3.63) is 60.2 Å². The summed E-state index contributed by atoms with van der Waals surface area (Å²) < 4.78 is 0. The van der Waals surface area contributed by atoms with Crippen molar-refractivity contribution in [2.24, 2.45) is 0 Å². The Balaban J connectivity index is 1.74. The molecule has 0 fully saturated rings. The lowest BCUT2D eigenvalue weighted by atomic mass is 10.1. The second-order valence-electron chi connectivity index (χ2n) is 5.96. The zero-order valence-corrected chi connectivity index (χ0v) is 14.6. The van der Waals surface area contributed by atoms with Gasteiger partial charge in [0.1, 0.15) is 0 Å². The molecule has 0 atom stereocenters. The molecule has 0 bridgehead atoms. The monoisotopic (exact) mass is 354 g/mol. The number of carbonyl (C=O) groups is 3. The van der Waals surface area contributed by atoms with Crippen LogP contribution in [0.25, 0.3) is 0 Å². The average molecular weight is 354 g/mol. The van der Waals surface area contributed by atoms with Crippen LogP contribution in [0.1, 0.15) is 24.8 Å². The van der Waals surface area contributed by atoms with Crippen LogP contribution >= 0.6 is 0 Å². The Bertz CT molecular complexity index is 757. The molecule has 2 N–H and O–H groups in total. The Morgan fingerprint density at radius 3 is 2.23 bits per heavy atom. The van der Waals surface area contributed by atoms with Gasteiger partial charge in [0.2, 0.25) is 11.8 Å². The highest BCUT2D eigenvalue weighted by Gasteiger charge is 2.11. The molecule has 0 radical (unpaired) electrons. The van der Waals surface area contributed by atoms with E-state index in [1.165, 1.54) is 0 Å². The largest absolute Gasteiger partial charge is 0.481 e. The highest BCUT2D eigenvalue weighted by atomic mass is 16.4. The number of anilines is 2. The predicted octanol–water partition coefficient (Wildman–Crippen LogP) is 3.09. The predicted molar refractivity (Wildman–Crippen MR) is 100 cm³/mol. The van der Waals surface area contributed by atoms with Crippen molar-refractivity contribution in [3.63, 3.8) is 0 Å². The fraction of sp³-hybridized carbons (Fsp3) is 0.250. The van der Waals surface area contributed by atoms with E-state index < -0.39 is 5.97 Å². The minimum Gasteiger partial charge on any atom is -0.481 e. The number of hydrogen-bond acceptors (Lipinski definition) is 3. The van der Waals surface area contributed by atoms with Crippen molar-refractivity contribution in [1.29, 1.82) is 0 Å². The van der Waals surface area contributed by atoms with Gasteiger partial charge in [-0.25, -0.2) is 0 Å². The van der Waals surface area contributed by atoms with Gasteiger partial charge in [-0.05, 0) is 36.2 Å². The van der Waals surface area contributed by atoms with E-state index in [1.54, 1.807) is 36.2 Å². The summed E-state index contributed by atoms with van der Waals surface area (Å²) in [5.74, 6) is -1.11. The van der Waals surface area contributed by atoms with Crippen LogP contribution in [0.5, 0.6) is 0 Å². The quantitative estimate of drug-likeness (QED) is 0.763. The number of rotatable bonds is 8. The highest BCUT2D eigenvalue weighted by molar-refractivity contribution is 5.94. The van der Waals surface area contributed by atoms with Gasteiger partial charge < -0.3 is 15.3 Å². The van der Waals surface area contributed by atoms with Crippen LogP contribution in [-0.2, 0) is 20.8 Å². The number of benzene rings is 2. The van der Waals surface area contributed by atoms with Gasteiger partial charge in [0, 0.05) is 31.3 Å². The lowest BCUT2D eigenvalue weighted by Crippen LogP contribution is -2.26. The number of carboxylic acid groups (broad SMARTS) is 1. The minimum absolute atomic E-state index is 0.0398. The number of nitrogens with zero attached hydrogens (tertiary/aromatic N) is 1. The van der Waals surface area contributed by atoms with Crippen LogP contribution in [0.15, 0.2) is 54.6 Å². The molecule has 6 heteroatoms. The maximum atomic E-state index is 12.2. The number of para-hydroxylation sites is 1. The van der Waals surface area contributed by atoms with Crippen molar-refractivity contribution < 1.29 is 19.5 Å². The first kappa shape index (κ1) is 19.2. The molecule has 0 aliphatic rings. The average Bonchev–Trinajstić information content (AvgIpc) is 2.63. The second-order valence-corrected chi connectivity index (χ2v) is 5.96. The van der Waals surface area contributed by atoms with Gasteiger partial charge in [0.05, 0.1) is 6.42 Å². The van der Waals surface area contributed by atoms with E-state index in [9.17, 15) is 14.4 Å². The number of nitrogens with one attached hydrogen (secondary N) is 1. The standard InChI is InChI=1S/C20H22N2O4/c1-22(17-6-3-2-4-7-17)19(24)9-5-8-18(23)21-16-12-10-15(11-13-16)14-20(25)26/h2-4,6-7,10-13H,5,8-9,14H2,1H3,(H,21,23)(H,25,26). The Labute approximate surface area is 152 Å². The number of aliphatic carboxylic acids is 1. The van der Waals surface area contributed by atoms with Crippen molar-refractivity contribution in [1.82, 2.24) is 0 Å². The molecule has 2 aromatic rings. The van der Waals surface area contributed by atoms with Crippen molar-refractivity contribution in [3.8, 4) is 0 Å². The summed E-state index contributed by atoms with van der Waals surface area (Å²) in [6, 6.07) is 16.0. The molecule has 0 spiro atoms. The van der Waals surface area contributed by atoms with Gasteiger partial charge >= 0.3 is 5.97 Å². The first-order valence-electron chi connectivity index (χ1n) is 8.38. The van der Waals surface area contributed by atoms with Crippen LogP contribution in [0, 0.1) is 0 Å². The molecule has 0 aromatic heterocycles. The number of carbonyl (C=O) groups excluding carboxylic acids is 2. The fourth-order valence-corrected chi connectivity index (χ4v) is 2.47. The van der Waals surface area contributed by atoms with Crippen molar-refractivity contribution in [2.75, 3.05) is 17.3 Å². The summed E-state index contributed by atoms with van der Waals surface area (Å²) >= 11 is 0. The Morgan fingerprint density at radius 1 is 0.962 bits per heavy atom. The third-order valence-electron chi connectivity index (χ3n) is 3.91. The second kappa shape index (κ2) is 9.36. The Morgan fingerprint density at radius 2 is 1.62 bits per heavy atom. The summed E-state index contributed by atoms with van der Waals surface area (Å²) in [6.07, 6.45) is 0.936. The molecule has 6 nitrogen and oxygen atoms in total. The summed E-state index contributed by atoms with van der Waals surface area (Å²) in [5, 5.41) is 11.5. The van der Waals surface area contributed by atoms with E-state index in [1.807, 2.05) is 30.3 Å². The molecule has 2 rings (SSSR count). The van der Waals surface area contributed by atoms with Crippen LogP contribution < -0.4 is 10.2 Å².